The zero-order chi connectivity index (χ0) is 10.4. The van der Waals surface area contributed by atoms with E-state index in [-0.39, 0.29) is 0 Å². The molecule has 1 aromatic rings. The van der Waals surface area contributed by atoms with Gasteiger partial charge in [0.25, 0.3) is 0 Å². The molecule has 0 aliphatic carbocycles. The molecule has 2 N–H and O–H groups in total. The molecule has 0 radical (unpaired) electrons. The third-order valence-electron chi connectivity index (χ3n) is 1.80. The van der Waals surface area contributed by atoms with Crippen LogP contribution in [-0.4, -0.2) is 19.5 Å². The van der Waals surface area contributed by atoms with Gasteiger partial charge in [-0.1, -0.05) is 17.7 Å². The molecule has 0 saturated carbocycles. The van der Waals surface area contributed by atoms with Gasteiger partial charge in [0.2, 0.25) is 0 Å². The molecular weight excluding hydrogens is 218 g/mol. The summed E-state index contributed by atoms with van der Waals surface area (Å²) in [5.41, 5.74) is 6.50. The van der Waals surface area contributed by atoms with Crippen molar-refractivity contribution in [2.45, 2.75) is 11.4 Å². The number of hydrogen-bond acceptors (Lipinski definition) is 3. The van der Waals surface area contributed by atoms with Crippen molar-refractivity contribution < 1.29 is 4.74 Å². The Kier molecular flexibility index (Phi) is 5.33. The van der Waals surface area contributed by atoms with Gasteiger partial charge in [-0.15, -0.1) is 11.8 Å². The monoisotopic (exact) mass is 231 g/mol. The van der Waals surface area contributed by atoms with E-state index in [2.05, 4.69) is 0 Å². The van der Waals surface area contributed by atoms with Crippen LogP contribution >= 0.6 is 23.4 Å². The van der Waals surface area contributed by atoms with E-state index in [1.165, 1.54) is 0 Å². The van der Waals surface area contributed by atoms with Gasteiger partial charge in [-0.2, -0.15) is 0 Å². The predicted octanol–water partition coefficient (Wildman–Crippen LogP) is 2.54. The van der Waals surface area contributed by atoms with Crippen molar-refractivity contribution >= 4 is 23.4 Å². The first kappa shape index (κ1) is 11.9. The van der Waals surface area contributed by atoms with E-state index in [1.54, 1.807) is 18.9 Å². The third kappa shape index (κ3) is 3.50. The van der Waals surface area contributed by atoms with Gasteiger partial charge >= 0.3 is 0 Å². The molecule has 0 aliphatic heterocycles. The van der Waals surface area contributed by atoms with Crippen molar-refractivity contribution in [2.75, 3.05) is 19.5 Å². The SMILES string of the molecule is COCCSc1ccc(CN)c(Cl)c1. The molecule has 0 saturated heterocycles. The lowest BCUT2D eigenvalue weighted by atomic mass is 10.2. The van der Waals surface area contributed by atoms with Crippen molar-refractivity contribution in [1.29, 1.82) is 0 Å². The average Bonchev–Trinajstić information content (AvgIpc) is 2.18. The highest BCUT2D eigenvalue weighted by Gasteiger charge is 2.00. The highest BCUT2D eigenvalue weighted by atomic mass is 35.5. The summed E-state index contributed by atoms with van der Waals surface area (Å²) in [5.74, 6) is 0.939. The molecule has 0 bridgehead atoms. The zero-order valence-corrected chi connectivity index (χ0v) is 9.70. The fourth-order valence-corrected chi connectivity index (χ4v) is 2.20. The summed E-state index contributed by atoms with van der Waals surface area (Å²) in [4.78, 5) is 1.16. The Morgan fingerprint density at radius 2 is 2.29 bits per heavy atom. The number of ether oxygens (including phenoxy) is 1. The quantitative estimate of drug-likeness (QED) is 0.625. The van der Waals surface area contributed by atoms with Crippen LogP contribution in [0.4, 0.5) is 0 Å². The van der Waals surface area contributed by atoms with Gasteiger partial charge in [-0.05, 0) is 17.7 Å². The standard InChI is InChI=1S/C10H14ClNOS/c1-13-4-5-14-9-3-2-8(7-12)10(11)6-9/h2-3,6H,4-5,7,12H2,1H3. The molecule has 78 valence electrons. The Morgan fingerprint density at radius 1 is 1.50 bits per heavy atom. The van der Waals surface area contributed by atoms with Crippen LogP contribution in [0.3, 0.4) is 0 Å². The largest absolute Gasteiger partial charge is 0.384 e. The van der Waals surface area contributed by atoms with Crippen LogP contribution in [0, 0.1) is 0 Å². The van der Waals surface area contributed by atoms with Crippen LogP contribution in [0.15, 0.2) is 23.1 Å². The summed E-state index contributed by atoms with van der Waals surface area (Å²) in [7, 11) is 1.70. The van der Waals surface area contributed by atoms with Crippen molar-refractivity contribution in [2.24, 2.45) is 5.73 Å². The van der Waals surface area contributed by atoms with Crippen molar-refractivity contribution in [3.63, 3.8) is 0 Å². The summed E-state index contributed by atoms with van der Waals surface area (Å²) in [6.07, 6.45) is 0. The van der Waals surface area contributed by atoms with Gasteiger partial charge < -0.3 is 10.5 Å². The molecule has 0 amide bonds. The van der Waals surface area contributed by atoms with E-state index in [1.807, 2.05) is 18.2 Å². The molecule has 2 nitrogen and oxygen atoms in total. The van der Waals surface area contributed by atoms with Gasteiger partial charge in [0.1, 0.15) is 0 Å². The van der Waals surface area contributed by atoms with Crippen LogP contribution in [0.1, 0.15) is 5.56 Å². The Labute approximate surface area is 93.8 Å². The Morgan fingerprint density at radius 3 is 2.86 bits per heavy atom. The second kappa shape index (κ2) is 6.30. The van der Waals surface area contributed by atoms with Crippen molar-refractivity contribution in [3.05, 3.63) is 28.8 Å². The van der Waals surface area contributed by atoms with Gasteiger partial charge in [-0.25, -0.2) is 0 Å². The fraction of sp³-hybridized carbons (Fsp3) is 0.400. The first-order chi connectivity index (χ1) is 6.77. The number of halogens is 1. The second-order valence-corrected chi connectivity index (χ2v) is 4.37. The molecule has 0 heterocycles. The van der Waals surface area contributed by atoms with Crippen LogP contribution < -0.4 is 5.73 Å². The predicted molar refractivity (Wildman–Crippen MR) is 61.9 cm³/mol. The van der Waals surface area contributed by atoms with Gasteiger partial charge in [0, 0.05) is 29.3 Å². The number of methoxy groups -OCH3 is 1. The van der Waals surface area contributed by atoms with E-state index in [0.29, 0.717) is 6.54 Å². The van der Waals surface area contributed by atoms with Crippen LogP contribution in [0.5, 0.6) is 0 Å². The Bertz CT molecular complexity index is 293. The number of hydrogen-bond donors (Lipinski definition) is 1. The van der Waals surface area contributed by atoms with E-state index in [0.717, 1.165) is 27.8 Å². The molecule has 0 atom stereocenters. The van der Waals surface area contributed by atoms with E-state index in [4.69, 9.17) is 22.1 Å². The minimum Gasteiger partial charge on any atom is -0.384 e. The summed E-state index contributed by atoms with van der Waals surface area (Å²) in [6, 6.07) is 5.95. The molecule has 4 heteroatoms. The fourth-order valence-electron chi connectivity index (χ4n) is 1.03. The first-order valence-electron chi connectivity index (χ1n) is 4.38. The molecule has 0 unspecified atom stereocenters. The van der Waals surface area contributed by atoms with E-state index < -0.39 is 0 Å². The van der Waals surface area contributed by atoms with Crippen LogP contribution in [0.25, 0.3) is 0 Å². The highest BCUT2D eigenvalue weighted by Crippen LogP contribution is 2.24. The molecule has 0 aliphatic rings. The molecule has 0 spiro atoms. The Hall–Kier alpha value is -0.220. The molecule has 14 heavy (non-hydrogen) atoms. The lowest BCUT2D eigenvalue weighted by molar-refractivity contribution is 0.218. The van der Waals surface area contributed by atoms with Crippen LogP contribution in [-0.2, 0) is 11.3 Å². The van der Waals surface area contributed by atoms with Gasteiger partial charge in [0.05, 0.1) is 6.61 Å². The lowest BCUT2D eigenvalue weighted by Gasteiger charge is -2.04. The smallest absolute Gasteiger partial charge is 0.0556 e. The maximum Gasteiger partial charge on any atom is 0.0556 e. The molecular formula is C10H14ClNOS. The van der Waals surface area contributed by atoms with E-state index >= 15 is 0 Å². The summed E-state index contributed by atoms with van der Waals surface area (Å²) in [6.45, 7) is 1.24. The van der Waals surface area contributed by atoms with Gasteiger partial charge in [-0.3, -0.25) is 0 Å². The topological polar surface area (TPSA) is 35.2 Å². The third-order valence-corrected chi connectivity index (χ3v) is 3.11. The maximum absolute atomic E-state index is 6.02. The highest BCUT2D eigenvalue weighted by molar-refractivity contribution is 7.99. The van der Waals surface area contributed by atoms with Gasteiger partial charge in [0.15, 0.2) is 0 Å². The first-order valence-corrected chi connectivity index (χ1v) is 5.74. The Balaban J connectivity index is 2.57. The maximum atomic E-state index is 6.02. The second-order valence-electron chi connectivity index (χ2n) is 2.80. The van der Waals surface area contributed by atoms with Crippen LogP contribution in [0.2, 0.25) is 5.02 Å². The number of thioether (sulfide) groups is 1. The molecule has 1 rings (SSSR count). The molecule has 0 aromatic heterocycles. The molecule has 0 fully saturated rings. The van der Waals surface area contributed by atoms with Crippen molar-refractivity contribution in [3.8, 4) is 0 Å². The zero-order valence-electron chi connectivity index (χ0n) is 8.13. The molecule has 1 aromatic carbocycles. The normalized spacial score (nSPS) is 10.5. The minimum absolute atomic E-state index is 0.488. The average molecular weight is 232 g/mol. The summed E-state index contributed by atoms with van der Waals surface area (Å²) < 4.78 is 4.96. The lowest BCUT2D eigenvalue weighted by Crippen LogP contribution is -1.97. The number of benzene rings is 1. The number of nitrogens with two attached hydrogens (primary N) is 1. The number of rotatable bonds is 5. The summed E-state index contributed by atoms with van der Waals surface area (Å²) in [5, 5.41) is 0.745. The minimum atomic E-state index is 0.488. The van der Waals surface area contributed by atoms with Crippen molar-refractivity contribution in [1.82, 2.24) is 0 Å². The summed E-state index contributed by atoms with van der Waals surface area (Å²) >= 11 is 7.75. The van der Waals surface area contributed by atoms with E-state index in [9.17, 15) is 0 Å².